The molecular formula is C15H17FN4O. The molecule has 0 aliphatic heterocycles. The predicted molar refractivity (Wildman–Crippen MR) is 79.0 cm³/mol. The summed E-state index contributed by atoms with van der Waals surface area (Å²) in [5.41, 5.74) is 4.53. The zero-order valence-corrected chi connectivity index (χ0v) is 11.9. The lowest BCUT2D eigenvalue weighted by Gasteiger charge is -2.19. The van der Waals surface area contributed by atoms with Gasteiger partial charge in [-0.25, -0.2) is 4.39 Å². The first-order valence-electron chi connectivity index (χ1n) is 6.45. The summed E-state index contributed by atoms with van der Waals surface area (Å²) in [5.74, 6) is 4.81. The predicted octanol–water partition coefficient (Wildman–Crippen LogP) is 2.09. The highest BCUT2D eigenvalue weighted by molar-refractivity contribution is 5.99. The van der Waals surface area contributed by atoms with Crippen molar-refractivity contribution in [1.29, 1.82) is 0 Å². The van der Waals surface area contributed by atoms with E-state index in [1.165, 1.54) is 17.2 Å². The molecular weight excluding hydrogens is 271 g/mol. The Bertz CT molecular complexity index is 660. The number of rotatable bonds is 4. The van der Waals surface area contributed by atoms with Crippen LogP contribution >= 0.6 is 0 Å². The third-order valence-electron chi connectivity index (χ3n) is 3.14. The molecule has 2 aromatic rings. The molecule has 0 fully saturated rings. The first-order chi connectivity index (χ1) is 10.0. The van der Waals surface area contributed by atoms with Gasteiger partial charge in [0.1, 0.15) is 5.82 Å². The molecule has 0 saturated heterocycles. The SMILES string of the molecule is Cc1cc(NN)c(C(=O)N(C)Cc2ccccc2F)cn1. The van der Waals surface area contributed by atoms with Crippen molar-refractivity contribution in [2.45, 2.75) is 13.5 Å². The highest BCUT2D eigenvalue weighted by Gasteiger charge is 2.17. The van der Waals surface area contributed by atoms with E-state index in [9.17, 15) is 9.18 Å². The number of nitrogens with two attached hydrogens (primary N) is 1. The Kier molecular flexibility index (Phi) is 4.49. The Labute approximate surface area is 122 Å². The van der Waals surface area contributed by atoms with Gasteiger partial charge in [-0.1, -0.05) is 18.2 Å². The molecule has 1 aromatic carbocycles. The van der Waals surface area contributed by atoms with Crippen molar-refractivity contribution in [2.75, 3.05) is 12.5 Å². The number of nitrogens with one attached hydrogen (secondary N) is 1. The number of halogens is 1. The normalized spacial score (nSPS) is 10.3. The summed E-state index contributed by atoms with van der Waals surface area (Å²) in [7, 11) is 1.61. The number of carbonyl (C=O) groups is 1. The van der Waals surface area contributed by atoms with Gasteiger partial charge in [-0.2, -0.15) is 0 Å². The van der Waals surface area contributed by atoms with Gasteiger partial charge in [0.25, 0.3) is 5.91 Å². The van der Waals surface area contributed by atoms with Crippen LogP contribution in [-0.2, 0) is 6.54 Å². The molecule has 1 heterocycles. The van der Waals surface area contributed by atoms with Crippen LogP contribution in [0.25, 0.3) is 0 Å². The Balaban J connectivity index is 2.22. The fourth-order valence-electron chi connectivity index (χ4n) is 2.01. The van der Waals surface area contributed by atoms with Crippen LogP contribution in [0.15, 0.2) is 36.5 Å². The molecule has 0 radical (unpaired) electrons. The van der Waals surface area contributed by atoms with Crippen molar-refractivity contribution in [2.24, 2.45) is 5.84 Å². The van der Waals surface area contributed by atoms with Crippen LogP contribution < -0.4 is 11.3 Å². The van der Waals surface area contributed by atoms with E-state index in [0.29, 0.717) is 16.8 Å². The second-order valence-electron chi connectivity index (χ2n) is 4.77. The fourth-order valence-corrected chi connectivity index (χ4v) is 2.01. The lowest BCUT2D eigenvalue weighted by Crippen LogP contribution is -2.28. The zero-order chi connectivity index (χ0) is 15.4. The summed E-state index contributed by atoms with van der Waals surface area (Å²) in [6.45, 7) is 1.97. The van der Waals surface area contributed by atoms with Crippen LogP contribution in [0.3, 0.4) is 0 Å². The second kappa shape index (κ2) is 6.32. The maximum absolute atomic E-state index is 13.6. The Morgan fingerprint density at radius 1 is 1.43 bits per heavy atom. The number of anilines is 1. The lowest BCUT2D eigenvalue weighted by atomic mass is 10.1. The van der Waals surface area contributed by atoms with E-state index in [-0.39, 0.29) is 18.3 Å². The molecule has 0 aliphatic rings. The van der Waals surface area contributed by atoms with Crippen LogP contribution in [0.1, 0.15) is 21.6 Å². The molecule has 21 heavy (non-hydrogen) atoms. The molecule has 0 spiro atoms. The van der Waals surface area contributed by atoms with Gasteiger partial charge in [-0.05, 0) is 19.1 Å². The Morgan fingerprint density at radius 2 is 2.14 bits per heavy atom. The van der Waals surface area contributed by atoms with Crippen LogP contribution in [0.5, 0.6) is 0 Å². The molecule has 2 rings (SSSR count). The van der Waals surface area contributed by atoms with Crippen molar-refractivity contribution in [3.05, 3.63) is 59.2 Å². The van der Waals surface area contributed by atoms with Crippen molar-refractivity contribution in [3.8, 4) is 0 Å². The van der Waals surface area contributed by atoms with E-state index >= 15 is 0 Å². The van der Waals surface area contributed by atoms with Crippen molar-refractivity contribution in [1.82, 2.24) is 9.88 Å². The van der Waals surface area contributed by atoms with Crippen LogP contribution in [0.4, 0.5) is 10.1 Å². The molecule has 6 heteroatoms. The van der Waals surface area contributed by atoms with E-state index < -0.39 is 0 Å². The Hall–Kier alpha value is -2.47. The standard InChI is InChI=1S/C15H17FN4O/c1-10-7-14(19-17)12(8-18-10)15(21)20(2)9-11-5-3-4-6-13(11)16/h3-8H,9,17H2,1-2H3,(H,18,19). The zero-order valence-electron chi connectivity index (χ0n) is 11.9. The largest absolute Gasteiger partial charge is 0.337 e. The van der Waals surface area contributed by atoms with Crippen molar-refractivity contribution < 1.29 is 9.18 Å². The van der Waals surface area contributed by atoms with Gasteiger partial charge in [0.05, 0.1) is 11.3 Å². The average molecular weight is 288 g/mol. The molecule has 110 valence electrons. The van der Waals surface area contributed by atoms with Crippen molar-refractivity contribution in [3.63, 3.8) is 0 Å². The van der Waals surface area contributed by atoms with E-state index in [1.807, 2.05) is 0 Å². The van der Waals surface area contributed by atoms with Gasteiger partial charge in [0, 0.05) is 31.0 Å². The van der Waals surface area contributed by atoms with Gasteiger partial charge >= 0.3 is 0 Å². The number of pyridine rings is 1. The molecule has 0 bridgehead atoms. The lowest BCUT2D eigenvalue weighted by molar-refractivity contribution is 0.0784. The number of nitrogen functional groups attached to an aromatic ring is 1. The summed E-state index contributed by atoms with van der Waals surface area (Å²) in [4.78, 5) is 17.9. The number of aromatic nitrogens is 1. The van der Waals surface area contributed by atoms with E-state index in [1.54, 1.807) is 38.2 Å². The summed E-state index contributed by atoms with van der Waals surface area (Å²) in [6, 6.07) is 8.05. The van der Waals surface area contributed by atoms with E-state index in [2.05, 4.69) is 10.4 Å². The quantitative estimate of drug-likeness (QED) is 0.667. The van der Waals surface area contributed by atoms with E-state index in [4.69, 9.17) is 5.84 Å². The molecule has 0 saturated carbocycles. The van der Waals surface area contributed by atoms with Gasteiger partial charge in [-0.15, -0.1) is 0 Å². The van der Waals surface area contributed by atoms with Gasteiger partial charge in [0.2, 0.25) is 0 Å². The monoisotopic (exact) mass is 288 g/mol. The van der Waals surface area contributed by atoms with Crippen LogP contribution in [0, 0.1) is 12.7 Å². The van der Waals surface area contributed by atoms with Gasteiger partial charge < -0.3 is 10.3 Å². The number of aryl methyl sites for hydroxylation is 1. The molecule has 5 nitrogen and oxygen atoms in total. The van der Waals surface area contributed by atoms with Gasteiger partial charge in [0.15, 0.2) is 0 Å². The molecule has 0 aliphatic carbocycles. The van der Waals surface area contributed by atoms with E-state index in [0.717, 1.165) is 5.69 Å². The second-order valence-corrected chi connectivity index (χ2v) is 4.77. The minimum absolute atomic E-state index is 0.170. The molecule has 0 atom stereocenters. The van der Waals surface area contributed by atoms with Crippen molar-refractivity contribution >= 4 is 11.6 Å². The molecule has 1 aromatic heterocycles. The molecule has 3 N–H and O–H groups in total. The number of benzene rings is 1. The number of hydrogen-bond donors (Lipinski definition) is 2. The number of carbonyl (C=O) groups excluding carboxylic acids is 1. The summed E-state index contributed by atoms with van der Waals surface area (Å²) in [6.07, 6.45) is 1.46. The summed E-state index contributed by atoms with van der Waals surface area (Å²) >= 11 is 0. The summed E-state index contributed by atoms with van der Waals surface area (Å²) in [5, 5.41) is 0. The number of hydrogen-bond acceptors (Lipinski definition) is 4. The Morgan fingerprint density at radius 3 is 2.81 bits per heavy atom. The number of nitrogens with zero attached hydrogens (tertiary/aromatic N) is 2. The average Bonchev–Trinajstić information content (AvgIpc) is 2.48. The first-order valence-corrected chi connectivity index (χ1v) is 6.45. The molecule has 1 amide bonds. The minimum Gasteiger partial charge on any atom is -0.337 e. The fraction of sp³-hybridized carbons (Fsp3) is 0.200. The number of amides is 1. The first kappa shape index (κ1) is 14.9. The highest BCUT2D eigenvalue weighted by atomic mass is 19.1. The smallest absolute Gasteiger partial charge is 0.257 e. The third-order valence-corrected chi connectivity index (χ3v) is 3.14. The molecule has 0 unspecified atom stereocenters. The number of hydrazine groups is 1. The summed E-state index contributed by atoms with van der Waals surface area (Å²) < 4.78 is 13.6. The van der Waals surface area contributed by atoms with Crippen LogP contribution in [-0.4, -0.2) is 22.8 Å². The maximum atomic E-state index is 13.6. The van der Waals surface area contributed by atoms with Gasteiger partial charge in [-0.3, -0.25) is 15.6 Å². The third kappa shape index (κ3) is 3.35. The maximum Gasteiger partial charge on any atom is 0.257 e. The van der Waals surface area contributed by atoms with Crippen LogP contribution in [0.2, 0.25) is 0 Å². The topological polar surface area (TPSA) is 71.2 Å². The minimum atomic E-state index is -0.337. The highest BCUT2D eigenvalue weighted by Crippen LogP contribution is 2.18.